The Labute approximate surface area is 137 Å². The zero-order chi connectivity index (χ0) is 16.7. The summed E-state index contributed by atoms with van der Waals surface area (Å²) in [5.41, 5.74) is 1.88. The van der Waals surface area contributed by atoms with Gasteiger partial charge in [0.25, 0.3) is 0 Å². The Morgan fingerprint density at radius 2 is 1.74 bits per heavy atom. The molecule has 0 fully saturated rings. The van der Waals surface area contributed by atoms with Crippen LogP contribution in [0.5, 0.6) is 0 Å². The summed E-state index contributed by atoms with van der Waals surface area (Å²) >= 11 is 0. The number of carbonyl (C=O) groups is 2. The zero-order valence-corrected chi connectivity index (χ0v) is 14.1. The molecular formula is C19H24O4. The lowest BCUT2D eigenvalue weighted by Crippen LogP contribution is -2.50. The molecule has 0 aliphatic heterocycles. The molecule has 3 aliphatic carbocycles. The van der Waals surface area contributed by atoms with Gasteiger partial charge in [0.1, 0.15) is 0 Å². The summed E-state index contributed by atoms with van der Waals surface area (Å²) in [5, 5.41) is 0. The van der Waals surface area contributed by atoms with E-state index in [0.29, 0.717) is 5.57 Å². The normalized spacial score (nSPS) is 36.5. The van der Waals surface area contributed by atoms with Crippen molar-refractivity contribution in [2.75, 3.05) is 14.2 Å². The molecule has 0 aromatic heterocycles. The highest BCUT2D eigenvalue weighted by atomic mass is 16.7. The smallest absolute Gasteiger partial charge is 0.163 e. The van der Waals surface area contributed by atoms with E-state index in [-0.39, 0.29) is 41.2 Å². The molecule has 4 heteroatoms. The largest absolute Gasteiger partial charge is 0.355 e. The molecule has 0 aromatic rings. The van der Waals surface area contributed by atoms with Gasteiger partial charge < -0.3 is 9.47 Å². The molecule has 0 saturated heterocycles. The maximum Gasteiger partial charge on any atom is 0.163 e. The number of methoxy groups -OCH3 is 2. The summed E-state index contributed by atoms with van der Waals surface area (Å²) in [7, 11) is 3.23. The fourth-order valence-electron chi connectivity index (χ4n) is 4.65. The van der Waals surface area contributed by atoms with Crippen molar-refractivity contribution in [3.63, 3.8) is 0 Å². The number of Topliss-reactive ketones (excluding diaryl/α,β-unsaturated/α-hetero) is 1. The Morgan fingerprint density at radius 3 is 2.39 bits per heavy atom. The van der Waals surface area contributed by atoms with Crippen LogP contribution in [0, 0.1) is 29.6 Å². The monoisotopic (exact) mass is 316 g/mol. The molecule has 0 unspecified atom stereocenters. The van der Waals surface area contributed by atoms with Crippen molar-refractivity contribution in [1.82, 2.24) is 0 Å². The fraction of sp³-hybridized carbons (Fsp3) is 0.579. The molecule has 3 aliphatic rings. The van der Waals surface area contributed by atoms with E-state index < -0.39 is 6.29 Å². The quantitative estimate of drug-likeness (QED) is 0.593. The first-order chi connectivity index (χ1) is 11.0. The molecule has 124 valence electrons. The van der Waals surface area contributed by atoms with Crippen molar-refractivity contribution in [2.24, 2.45) is 29.6 Å². The first kappa shape index (κ1) is 16.3. The van der Waals surface area contributed by atoms with Crippen molar-refractivity contribution in [3.8, 4) is 0 Å². The third-order valence-corrected chi connectivity index (χ3v) is 5.58. The van der Waals surface area contributed by atoms with Crippen LogP contribution in [0.4, 0.5) is 0 Å². The van der Waals surface area contributed by atoms with Gasteiger partial charge in [0.2, 0.25) is 0 Å². The predicted octanol–water partition coefficient (Wildman–Crippen LogP) is 2.70. The molecule has 0 amide bonds. The molecule has 0 heterocycles. The number of fused-ring (bicyclic) bond motifs is 3. The summed E-state index contributed by atoms with van der Waals surface area (Å²) in [6.45, 7) is 3.90. The van der Waals surface area contributed by atoms with Crippen LogP contribution in [0.15, 0.2) is 35.5 Å². The minimum absolute atomic E-state index is 0.0344. The summed E-state index contributed by atoms with van der Waals surface area (Å²) in [5.74, 6) is -0.326. The first-order valence-corrected chi connectivity index (χ1v) is 8.16. The van der Waals surface area contributed by atoms with Crippen LogP contribution in [0.25, 0.3) is 0 Å². The highest BCUT2D eigenvalue weighted by molar-refractivity contribution is 6.04. The highest BCUT2D eigenvalue weighted by Crippen LogP contribution is 2.50. The topological polar surface area (TPSA) is 52.6 Å². The van der Waals surface area contributed by atoms with Crippen LogP contribution < -0.4 is 0 Å². The second-order valence-electron chi connectivity index (χ2n) is 6.82. The van der Waals surface area contributed by atoms with Gasteiger partial charge in [0.15, 0.2) is 17.9 Å². The molecule has 0 aromatic carbocycles. The SMILES string of the molecule is COC(OC)[C@@H]1C=C(C)C(=O)[C@@H]2[C@H]3C(=O)C=CC[C@@H]3C=C(C)[C@H]21. The maximum absolute atomic E-state index is 12.9. The van der Waals surface area contributed by atoms with Gasteiger partial charge in [-0.15, -0.1) is 0 Å². The molecule has 23 heavy (non-hydrogen) atoms. The average molecular weight is 316 g/mol. The predicted molar refractivity (Wildman–Crippen MR) is 86.5 cm³/mol. The lowest BCUT2D eigenvalue weighted by atomic mass is 9.56. The van der Waals surface area contributed by atoms with Crippen molar-refractivity contribution in [2.45, 2.75) is 26.6 Å². The number of hydrogen-bond acceptors (Lipinski definition) is 4. The van der Waals surface area contributed by atoms with Gasteiger partial charge in [0.05, 0.1) is 0 Å². The third-order valence-electron chi connectivity index (χ3n) is 5.58. The van der Waals surface area contributed by atoms with Gasteiger partial charge >= 0.3 is 0 Å². The Hall–Kier alpha value is -1.52. The molecule has 0 bridgehead atoms. The number of rotatable bonds is 3. The molecule has 5 atom stereocenters. The van der Waals surface area contributed by atoms with Crippen molar-refractivity contribution < 1.29 is 19.1 Å². The molecular weight excluding hydrogens is 292 g/mol. The van der Waals surface area contributed by atoms with Gasteiger partial charge in [-0.3, -0.25) is 9.59 Å². The molecule has 0 N–H and O–H groups in total. The molecule has 0 radical (unpaired) electrons. The van der Waals surface area contributed by atoms with Crippen LogP contribution in [0.1, 0.15) is 20.3 Å². The van der Waals surface area contributed by atoms with Gasteiger partial charge in [-0.2, -0.15) is 0 Å². The van der Waals surface area contributed by atoms with E-state index in [9.17, 15) is 9.59 Å². The first-order valence-electron chi connectivity index (χ1n) is 8.16. The van der Waals surface area contributed by atoms with E-state index in [1.54, 1.807) is 20.3 Å². The molecule has 4 nitrogen and oxygen atoms in total. The van der Waals surface area contributed by atoms with E-state index in [4.69, 9.17) is 9.47 Å². The van der Waals surface area contributed by atoms with Gasteiger partial charge in [-0.1, -0.05) is 23.8 Å². The standard InChI is InChI=1S/C19H24O4/c1-10-8-12-6-5-7-14(20)16(12)17-15(10)13(19(22-3)23-4)9-11(2)18(17)21/h5,7-9,12-13,15-17,19H,6H2,1-4H3/t12-,13-,15+,16-,17+/m1/s1. The van der Waals surface area contributed by atoms with E-state index >= 15 is 0 Å². The number of allylic oxidation sites excluding steroid dienone is 5. The number of carbonyl (C=O) groups excluding carboxylic acids is 2. The summed E-state index contributed by atoms with van der Waals surface area (Å²) in [6, 6.07) is 0. The zero-order valence-electron chi connectivity index (χ0n) is 14.1. The Bertz CT molecular complexity index is 609. The number of ketones is 2. The summed E-state index contributed by atoms with van der Waals surface area (Å²) in [4.78, 5) is 25.4. The van der Waals surface area contributed by atoms with Crippen molar-refractivity contribution >= 4 is 11.6 Å². The number of ether oxygens (including phenoxy) is 2. The van der Waals surface area contributed by atoms with Gasteiger partial charge in [-0.05, 0) is 37.8 Å². The Balaban J connectivity index is 2.10. The van der Waals surface area contributed by atoms with E-state index in [0.717, 1.165) is 6.42 Å². The lowest BCUT2D eigenvalue weighted by molar-refractivity contribution is -0.152. The highest BCUT2D eigenvalue weighted by Gasteiger charge is 2.52. The molecule has 0 spiro atoms. The van der Waals surface area contributed by atoms with Crippen LogP contribution in [-0.4, -0.2) is 32.1 Å². The minimum atomic E-state index is -0.417. The second-order valence-corrected chi connectivity index (χ2v) is 6.82. The van der Waals surface area contributed by atoms with E-state index in [1.807, 2.05) is 19.1 Å². The average Bonchev–Trinajstić information content (AvgIpc) is 2.52. The molecule has 0 saturated carbocycles. The Kier molecular flexibility index (Phi) is 4.39. The Morgan fingerprint density at radius 1 is 1.04 bits per heavy atom. The van der Waals surface area contributed by atoms with Crippen LogP contribution in [-0.2, 0) is 19.1 Å². The van der Waals surface area contributed by atoms with Crippen LogP contribution in [0.3, 0.4) is 0 Å². The number of hydrogen-bond donors (Lipinski definition) is 0. The van der Waals surface area contributed by atoms with Crippen LogP contribution in [0.2, 0.25) is 0 Å². The van der Waals surface area contributed by atoms with Crippen molar-refractivity contribution in [1.29, 1.82) is 0 Å². The minimum Gasteiger partial charge on any atom is -0.355 e. The van der Waals surface area contributed by atoms with Gasteiger partial charge in [0, 0.05) is 37.9 Å². The van der Waals surface area contributed by atoms with E-state index in [1.165, 1.54) is 5.57 Å². The van der Waals surface area contributed by atoms with Crippen molar-refractivity contribution in [3.05, 3.63) is 35.5 Å². The lowest BCUT2D eigenvalue weighted by Gasteiger charge is -2.47. The second kappa shape index (κ2) is 6.17. The maximum atomic E-state index is 12.9. The third kappa shape index (κ3) is 2.54. The summed E-state index contributed by atoms with van der Waals surface area (Å²) < 4.78 is 11.0. The summed E-state index contributed by atoms with van der Waals surface area (Å²) in [6.07, 6.45) is 8.13. The van der Waals surface area contributed by atoms with E-state index in [2.05, 4.69) is 13.0 Å². The van der Waals surface area contributed by atoms with Crippen LogP contribution >= 0.6 is 0 Å². The van der Waals surface area contributed by atoms with Gasteiger partial charge in [-0.25, -0.2) is 0 Å². The fourth-order valence-corrected chi connectivity index (χ4v) is 4.65. The molecule has 3 rings (SSSR count).